The highest BCUT2D eigenvalue weighted by Crippen LogP contribution is 2.11. The quantitative estimate of drug-likeness (QED) is 0.204. The Morgan fingerprint density at radius 2 is 2.05 bits per heavy atom. The molecule has 112 valence electrons. The third kappa shape index (κ3) is 5.90. The number of nitrogens with two attached hydrogens (primary N) is 1. The number of ether oxygens (including phenoxy) is 1. The zero-order valence-electron chi connectivity index (χ0n) is 12.2. The van der Waals surface area contributed by atoms with E-state index in [2.05, 4.69) is 29.3 Å². The second kappa shape index (κ2) is 9.17. The highest BCUT2D eigenvalue weighted by Gasteiger charge is 1.99. The van der Waals surface area contributed by atoms with Crippen LogP contribution in [0, 0.1) is 0 Å². The van der Waals surface area contributed by atoms with Gasteiger partial charge in [0.15, 0.2) is 5.84 Å². The third-order valence-electron chi connectivity index (χ3n) is 3.02. The van der Waals surface area contributed by atoms with Crippen molar-refractivity contribution in [3.63, 3.8) is 0 Å². The number of oxime groups is 1. The fourth-order valence-electron chi connectivity index (χ4n) is 1.57. The summed E-state index contributed by atoms with van der Waals surface area (Å²) >= 11 is 0. The van der Waals surface area contributed by atoms with Gasteiger partial charge in [0.25, 0.3) is 0 Å². The molecule has 0 saturated heterocycles. The lowest BCUT2D eigenvalue weighted by molar-refractivity contribution is 0.302. The number of hydrogen-bond donors (Lipinski definition) is 3. The normalized spacial score (nSPS) is 11.8. The average Bonchev–Trinajstić information content (AvgIpc) is 2.50. The molecule has 1 aromatic carbocycles. The highest BCUT2D eigenvalue weighted by molar-refractivity contribution is 5.97. The molecule has 0 spiro atoms. The van der Waals surface area contributed by atoms with E-state index in [1.165, 1.54) is 0 Å². The van der Waals surface area contributed by atoms with Gasteiger partial charge < -0.3 is 25.9 Å². The van der Waals surface area contributed by atoms with Gasteiger partial charge in [-0.05, 0) is 37.9 Å². The van der Waals surface area contributed by atoms with E-state index in [1.807, 2.05) is 0 Å². The minimum atomic E-state index is 0.0956. The van der Waals surface area contributed by atoms with Gasteiger partial charge in [-0.3, -0.25) is 0 Å². The molecule has 0 fully saturated rings. The number of likely N-dealkylation sites (N-methyl/N-ethyl adjacent to an activating group) is 1. The second-order valence-electron chi connectivity index (χ2n) is 4.50. The topological polar surface area (TPSA) is 83.1 Å². The molecule has 0 amide bonds. The molecule has 0 aromatic heterocycles. The summed E-state index contributed by atoms with van der Waals surface area (Å²) in [6.45, 7) is 6.60. The predicted molar refractivity (Wildman–Crippen MR) is 80.5 cm³/mol. The molecule has 0 heterocycles. The summed E-state index contributed by atoms with van der Waals surface area (Å²) in [5.41, 5.74) is 6.15. The van der Waals surface area contributed by atoms with E-state index in [9.17, 15) is 0 Å². The summed E-state index contributed by atoms with van der Waals surface area (Å²) in [6, 6.07) is 7.12. The van der Waals surface area contributed by atoms with Crippen molar-refractivity contribution in [2.24, 2.45) is 10.9 Å². The van der Waals surface area contributed by atoms with Gasteiger partial charge in [-0.25, -0.2) is 0 Å². The molecular weight excluding hydrogens is 256 g/mol. The Balaban J connectivity index is 2.19. The number of amidine groups is 1. The molecule has 0 aliphatic heterocycles. The van der Waals surface area contributed by atoms with Crippen LogP contribution in [0.2, 0.25) is 0 Å². The van der Waals surface area contributed by atoms with Gasteiger partial charge in [0.05, 0.1) is 0 Å². The number of rotatable bonds is 9. The first kappa shape index (κ1) is 16.3. The van der Waals surface area contributed by atoms with Crippen molar-refractivity contribution in [2.75, 3.05) is 39.8 Å². The zero-order chi connectivity index (χ0) is 14.8. The molecule has 0 saturated carbocycles. The Bertz CT molecular complexity index is 406. The molecule has 0 aliphatic carbocycles. The van der Waals surface area contributed by atoms with Crippen LogP contribution < -0.4 is 15.8 Å². The molecule has 4 N–H and O–H groups in total. The molecule has 0 unspecified atom stereocenters. The molecular formula is C14H24N4O2. The summed E-state index contributed by atoms with van der Waals surface area (Å²) in [7, 11) is 2.10. The van der Waals surface area contributed by atoms with Crippen LogP contribution in [-0.2, 0) is 0 Å². The molecule has 6 heteroatoms. The van der Waals surface area contributed by atoms with E-state index in [1.54, 1.807) is 24.3 Å². The Kier molecular flexibility index (Phi) is 7.46. The SMILES string of the molecule is CCN(C)CCNCCOc1ccc(C(N)=NO)cc1. The van der Waals surface area contributed by atoms with Gasteiger partial charge in [0, 0.05) is 25.2 Å². The Morgan fingerprint density at radius 1 is 1.35 bits per heavy atom. The number of hydrogen-bond acceptors (Lipinski definition) is 5. The first-order valence-corrected chi connectivity index (χ1v) is 6.77. The molecule has 6 nitrogen and oxygen atoms in total. The fourth-order valence-corrected chi connectivity index (χ4v) is 1.57. The minimum Gasteiger partial charge on any atom is -0.492 e. The zero-order valence-corrected chi connectivity index (χ0v) is 12.2. The number of nitrogens with one attached hydrogen (secondary N) is 1. The van der Waals surface area contributed by atoms with Crippen molar-refractivity contribution in [3.8, 4) is 5.75 Å². The van der Waals surface area contributed by atoms with Crippen molar-refractivity contribution in [1.29, 1.82) is 0 Å². The fraction of sp³-hybridized carbons (Fsp3) is 0.500. The summed E-state index contributed by atoms with van der Waals surface area (Å²) in [5.74, 6) is 0.866. The van der Waals surface area contributed by atoms with E-state index < -0.39 is 0 Å². The molecule has 20 heavy (non-hydrogen) atoms. The average molecular weight is 280 g/mol. The van der Waals surface area contributed by atoms with Crippen molar-refractivity contribution in [3.05, 3.63) is 29.8 Å². The lowest BCUT2D eigenvalue weighted by Gasteiger charge is -2.14. The maximum atomic E-state index is 8.56. The molecule has 0 radical (unpaired) electrons. The van der Waals surface area contributed by atoms with Gasteiger partial charge in [0.1, 0.15) is 12.4 Å². The summed E-state index contributed by atoms with van der Waals surface area (Å²) in [6.07, 6.45) is 0. The van der Waals surface area contributed by atoms with E-state index >= 15 is 0 Å². The first-order valence-electron chi connectivity index (χ1n) is 6.77. The van der Waals surface area contributed by atoms with Crippen LogP contribution in [0.5, 0.6) is 5.75 Å². The van der Waals surface area contributed by atoms with E-state index in [0.717, 1.165) is 31.9 Å². The van der Waals surface area contributed by atoms with Gasteiger partial charge in [-0.2, -0.15) is 0 Å². The largest absolute Gasteiger partial charge is 0.492 e. The lowest BCUT2D eigenvalue weighted by Crippen LogP contribution is -2.31. The van der Waals surface area contributed by atoms with Crippen molar-refractivity contribution >= 4 is 5.84 Å². The van der Waals surface area contributed by atoms with Gasteiger partial charge in [-0.15, -0.1) is 0 Å². The highest BCUT2D eigenvalue weighted by atomic mass is 16.5. The van der Waals surface area contributed by atoms with Crippen molar-refractivity contribution in [2.45, 2.75) is 6.92 Å². The predicted octanol–water partition coefficient (Wildman–Crippen LogP) is 0.701. The van der Waals surface area contributed by atoms with Crippen molar-refractivity contribution < 1.29 is 9.94 Å². The van der Waals surface area contributed by atoms with Crippen molar-refractivity contribution in [1.82, 2.24) is 10.2 Å². The third-order valence-corrected chi connectivity index (χ3v) is 3.02. The molecule has 1 rings (SSSR count). The van der Waals surface area contributed by atoms with Crippen LogP contribution in [-0.4, -0.2) is 55.8 Å². The maximum Gasteiger partial charge on any atom is 0.170 e. The number of benzene rings is 1. The van der Waals surface area contributed by atoms with Crippen LogP contribution in [0.25, 0.3) is 0 Å². The van der Waals surface area contributed by atoms with Gasteiger partial charge >= 0.3 is 0 Å². The van der Waals surface area contributed by atoms with Crippen LogP contribution in [0.15, 0.2) is 29.4 Å². The number of nitrogens with zero attached hydrogens (tertiary/aromatic N) is 2. The monoisotopic (exact) mass is 280 g/mol. The lowest BCUT2D eigenvalue weighted by atomic mass is 10.2. The second-order valence-corrected chi connectivity index (χ2v) is 4.50. The van der Waals surface area contributed by atoms with E-state index in [4.69, 9.17) is 15.7 Å². The summed E-state index contributed by atoms with van der Waals surface area (Å²) < 4.78 is 5.59. The minimum absolute atomic E-state index is 0.0956. The smallest absolute Gasteiger partial charge is 0.170 e. The Hall–Kier alpha value is -1.79. The summed E-state index contributed by atoms with van der Waals surface area (Å²) in [5, 5.41) is 14.8. The van der Waals surface area contributed by atoms with Gasteiger partial charge in [0.2, 0.25) is 0 Å². The van der Waals surface area contributed by atoms with Crippen LogP contribution >= 0.6 is 0 Å². The Labute approximate surface area is 120 Å². The van der Waals surface area contributed by atoms with Gasteiger partial charge in [-0.1, -0.05) is 12.1 Å². The first-order chi connectivity index (χ1) is 9.67. The standard InChI is InChI=1S/C14H24N4O2/c1-3-18(2)10-8-16-9-11-20-13-6-4-12(5-7-13)14(15)17-19/h4-7,16,19H,3,8-11H2,1-2H3,(H2,15,17). The Morgan fingerprint density at radius 3 is 2.65 bits per heavy atom. The van der Waals surface area contributed by atoms with Crippen LogP contribution in [0.3, 0.4) is 0 Å². The van der Waals surface area contributed by atoms with Crippen LogP contribution in [0.1, 0.15) is 12.5 Å². The summed E-state index contributed by atoms with van der Waals surface area (Å²) in [4.78, 5) is 2.25. The maximum absolute atomic E-state index is 8.56. The van der Waals surface area contributed by atoms with E-state index in [0.29, 0.717) is 12.2 Å². The molecule has 0 aliphatic rings. The molecule has 1 aromatic rings. The molecule has 0 atom stereocenters. The van der Waals surface area contributed by atoms with E-state index in [-0.39, 0.29) is 5.84 Å². The van der Waals surface area contributed by atoms with Crippen LogP contribution in [0.4, 0.5) is 0 Å². The molecule has 0 bridgehead atoms.